The van der Waals surface area contributed by atoms with Gasteiger partial charge in [-0.15, -0.1) is 0 Å². The van der Waals surface area contributed by atoms with Crippen LogP contribution in [0.4, 0.5) is 0 Å². The minimum atomic E-state index is -0.350. The minimum absolute atomic E-state index is 0.350. The maximum Gasteiger partial charge on any atom is 0.365 e. The molecular weight excluding hydrogens is 132 g/mol. The summed E-state index contributed by atoms with van der Waals surface area (Å²) >= 11 is 0. The average Bonchev–Trinajstić information content (AvgIpc) is 2.34. The molecule has 0 amide bonds. The first kappa shape index (κ1) is 5.22. The zero-order chi connectivity index (χ0) is 6.97. The zero-order valence-electron chi connectivity index (χ0n) is 5.00. The van der Waals surface area contributed by atoms with E-state index in [1.54, 1.807) is 18.5 Å². The van der Waals surface area contributed by atoms with Gasteiger partial charge in [0.1, 0.15) is 5.52 Å². The highest BCUT2D eigenvalue weighted by Crippen LogP contribution is 2.01. The standard InChI is InChI=1S/C6H4N2O2/c9-6-4-1-2-7-3-5(4)8-10-6/h1-3,8H. The summed E-state index contributed by atoms with van der Waals surface area (Å²) in [6.07, 6.45) is 3.09. The molecule has 0 saturated heterocycles. The van der Waals surface area contributed by atoms with Crippen LogP contribution < -0.4 is 5.63 Å². The van der Waals surface area contributed by atoms with Gasteiger partial charge in [-0.3, -0.25) is 4.98 Å². The van der Waals surface area contributed by atoms with Crippen molar-refractivity contribution in [1.82, 2.24) is 10.1 Å². The van der Waals surface area contributed by atoms with E-state index in [1.165, 1.54) is 0 Å². The first-order chi connectivity index (χ1) is 4.88. The molecule has 0 fully saturated rings. The van der Waals surface area contributed by atoms with Crippen LogP contribution >= 0.6 is 0 Å². The SMILES string of the molecule is O=c1o[nH]c2cnccc12. The number of hydrogen-bond donors (Lipinski definition) is 1. The van der Waals surface area contributed by atoms with E-state index in [9.17, 15) is 4.79 Å². The van der Waals surface area contributed by atoms with Gasteiger partial charge in [0.05, 0.1) is 11.6 Å². The highest BCUT2D eigenvalue weighted by Gasteiger charge is 1.98. The van der Waals surface area contributed by atoms with Gasteiger partial charge in [-0.1, -0.05) is 0 Å². The van der Waals surface area contributed by atoms with Gasteiger partial charge in [0, 0.05) is 6.20 Å². The summed E-state index contributed by atoms with van der Waals surface area (Å²) in [5.74, 6) is 0. The van der Waals surface area contributed by atoms with E-state index in [4.69, 9.17) is 0 Å². The number of nitrogens with one attached hydrogen (secondary N) is 1. The molecule has 2 aromatic rings. The Kier molecular flexibility index (Phi) is 0.887. The Morgan fingerprint density at radius 2 is 2.50 bits per heavy atom. The molecule has 0 aromatic carbocycles. The summed E-state index contributed by atoms with van der Waals surface area (Å²) in [6, 6.07) is 1.61. The Hall–Kier alpha value is -1.58. The summed E-state index contributed by atoms with van der Waals surface area (Å²) in [7, 11) is 0. The van der Waals surface area contributed by atoms with Crippen LogP contribution in [0.25, 0.3) is 10.9 Å². The number of aromatic amines is 1. The molecule has 0 radical (unpaired) electrons. The van der Waals surface area contributed by atoms with Crippen LogP contribution in [0.5, 0.6) is 0 Å². The van der Waals surface area contributed by atoms with Crippen molar-refractivity contribution in [3.05, 3.63) is 28.9 Å². The average molecular weight is 136 g/mol. The lowest BCUT2D eigenvalue weighted by Crippen LogP contribution is -1.89. The Morgan fingerprint density at radius 3 is 3.30 bits per heavy atom. The van der Waals surface area contributed by atoms with Crippen LogP contribution in [0.3, 0.4) is 0 Å². The highest BCUT2D eigenvalue weighted by atomic mass is 16.5. The topological polar surface area (TPSA) is 58.9 Å². The maximum atomic E-state index is 10.8. The highest BCUT2D eigenvalue weighted by molar-refractivity contribution is 5.75. The number of pyridine rings is 1. The molecule has 0 unspecified atom stereocenters. The molecular formula is C6H4N2O2. The third kappa shape index (κ3) is 0.556. The molecule has 1 N–H and O–H groups in total. The van der Waals surface area contributed by atoms with Crippen LogP contribution in [0.15, 0.2) is 27.8 Å². The molecule has 0 aliphatic heterocycles. The first-order valence-corrected chi connectivity index (χ1v) is 2.79. The van der Waals surface area contributed by atoms with Gasteiger partial charge in [-0.2, -0.15) is 0 Å². The molecule has 2 heterocycles. The summed E-state index contributed by atoms with van der Waals surface area (Å²) in [5.41, 5.74) is 0.282. The van der Waals surface area contributed by atoms with Crippen molar-refractivity contribution in [3.63, 3.8) is 0 Å². The fourth-order valence-electron chi connectivity index (χ4n) is 0.810. The lowest BCUT2D eigenvalue weighted by atomic mass is 10.3. The van der Waals surface area contributed by atoms with E-state index in [1.807, 2.05) is 0 Å². The van der Waals surface area contributed by atoms with Crippen molar-refractivity contribution in [2.45, 2.75) is 0 Å². The molecule has 2 rings (SSSR count). The largest absolute Gasteiger partial charge is 0.365 e. The molecule has 0 aliphatic carbocycles. The molecule has 0 bridgehead atoms. The van der Waals surface area contributed by atoms with E-state index < -0.39 is 0 Å². The third-order valence-corrected chi connectivity index (χ3v) is 1.29. The van der Waals surface area contributed by atoms with Gasteiger partial charge in [0.25, 0.3) is 0 Å². The number of aromatic nitrogens is 2. The van der Waals surface area contributed by atoms with Gasteiger partial charge in [0.15, 0.2) is 0 Å². The van der Waals surface area contributed by atoms with Crippen molar-refractivity contribution in [2.75, 3.05) is 0 Å². The fraction of sp³-hybridized carbons (Fsp3) is 0. The second-order valence-electron chi connectivity index (χ2n) is 1.91. The maximum absolute atomic E-state index is 10.8. The molecule has 2 aromatic heterocycles. The smallest absolute Gasteiger partial charge is 0.338 e. The molecule has 0 aliphatic rings. The van der Waals surface area contributed by atoms with E-state index in [0.29, 0.717) is 10.9 Å². The van der Waals surface area contributed by atoms with Gasteiger partial charge in [-0.05, 0) is 6.07 Å². The van der Waals surface area contributed by atoms with Crippen molar-refractivity contribution < 1.29 is 4.52 Å². The number of rotatable bonds is 0. The van der Waals surface area contributed by atoms with E-state index in [2.05, 4.69) is 14.7 Å². The Balaban J connectivity index is 3.07. The Bertz CT molecular complexity index is 401. The predicted molar refractivity (Wildman–Crippen MR) is 34.6 cm³/mol. The van der Waals surface area contributed by atoms with Crippen LogP contribution in [0.2, 0.25) is 0 Å². The van der Waals surface area contributed by atoms with Gasteiger partial charge < -0.3 is 4.52 Å². The minimum Gasteiger partial charge on any atom is -0.338 e. The van der Waals surface area contributed by atoms with Crippen LogP contribution in [-0.4, -0.2) is 10.1 Å². The van der Waals surface area contributed by atoms with Crippen LogP contribution in [-0.2, 0) is 0 Å². The van der Waals surface area contributed by atoms with Crippen LogP contribution in [0.1, 0.15) is 0 Å². The zero-order valence-corrected chi connectivity index (χ0v) is 5.00. The Morgan fingerprint density at radius 1 is 1.60 bits per heavy atom. The molecule has 0 atom stereocenters. The van der Waals surface area contributed by atoms with Crippen LogP contribution in [0, 0.1) is 0 Å². The monoisotopic (exact) mass is 136 g/mol. The molecule has 50 valence electrons. The number of H-pyrrole nitrogens is 1. The summed E-state index contributed by atoms with van der Waals surface area (Å²) in [6.45, 7) is 0. The number of hydrogen-bond acceptors (Lipinski definition) is 3. The van der Waals surface area contributed by atoms with E-state index >= 15 is 0 Å². The third-order valence-electron chi connectivity index (χ3n) is 1.29. The van der Waals surface area contributed by atoms with Crippen molar-refractivity contribution in [2.24, 2.45) is 0 Å². The molecule has 10 heavy (non-hydrogen) atoms. The normalized spacial score (nSPS) is 10.4. The lowest BCUT2D eigenvalue weighted by Gasteiger charge is -1.78. The van der Waals surface area contributed by atoms with Gasteiger partial charge in [-0.25, -0.2) is 9.95 Å². The molecule has 0 spiro atoms. The summed E-state index contributed by atoms with van der Waals surface area (Å²) < 4.78 is 4.49. The van der Waals surface area contributed by atoms with E-state index in [-0.39, 0.29) is 5.63 Å². The molecule has 4 heteroatoms. The van der Waals surface area contributed by atoms with Crippen molar-refractivity contribution >= 4 is 10.9 Å². The number of fused-ring (bicyclic) bond motifs is 1. The Labute approximate surface area is 55.5 Å². The molecule has 0 saturated carbocycles. The van der Waals surface area contributed by atoms with Crippen molar-refractivity contribution in [1.29, 1.82) is 0 Å². The fourth-order valence-corrected chi connectivity index (χ4v) is 0.810. The number of nitrogens with zero attached hydrogens (tertiary/aromatic N) is 1. The first-order valence-electron chi connectivity index (χ1n) is 2.79. The van der Waals surface area contributed by atoms with Gasteiger partial charge >= 0.3 is 5.63 Å². The predicted octanol–water partition coefficient (Wildman–Crippen LogP) is 0.516. The second-order valence-corrected chi connectivity index (χ2v) is 1.91. The molecule has 4 nitrogen and oxygen atoms in total. The summed E-state index contributed by atoms with van der Waals surface area (Å²) in [4.78, 5) is 14.5. The summed E-state index contributed by atoms with van der Waals surface area (Å²) in [5, 5.41) is 2.97. The lowest BCUT2D eigenvalue weighted by molar-refractivity contribution is 0.399. The van der Waals surface area contributed by atoms with Gasteiger partial charge in [0.2, 0.25) is 0 Å². The quantitative estimate of drug-likeness (QED) is 0.574. The van der Waals surface area contributed by atoms with Crippen molar-refractivity contribution in [3.8, 4) is 0 Å². The van der Waals surface area contributed by atoms with E-state index in [0.717, 1.165) is 0 Å². The second kappa shape index (κ2) is 1.70.